The molecule has 0 aromatic heterocycles. The lowest BCUT2D eigenvalue weighted by Gasteiger charge is -2.25. The fourth-order valence-corrected chi connectivity index (χ4v) is 1.31. The SMILES string of the molecule is C=CCN(CC=C)C(C=C)C=C(C)C(N)=O. The van der Waals surface area contributed by atoms with E-state index in [1.807, 2.05) is 0 Å². The average Bonchev–Trinajstić information content (AvgIpc) is 2.25. The Kier molecular flexibility index (Phi) is 6.88. The van der Waals surface area contributed by atoms with Gasteiger partial charge in [0.05, 0.1) is 0 Å². The fourth-order valence-electron chi connectivity index (χ4n) is 1.31. The van der Waals surface area contributed by atoms with Crippen molar-refractivity contribution in [2.45, 2.75) is 13.0 Å². The van der Waals surface area contributed by atoms with Crippen LogP contribution in [0.4, 0.5) is 0 Å². The number of carbonyl (C=O) groups is 1. The zero-order valence-electron chi connectivity index (χ0n) is 9.86. The highest BCUT2D eigenvalue weighted by molar-refractivity contribution is 5.91. The van der Waals surface area contributed by atoms with Crippen molar-refractivity contribution in [1.29, 1.82) is 0 Å². The number of primary amides is 1. The van der Waals surface area contributed by atoms with E-state index in [1.54, 1.807) is 31.2 Å². The summed E-state index contributed by atoms with van der Waals surface area (Å²) >= 11 is 0. The van der Waals surface area contributed by atoms with Gasteiger partial charge in [0.1, 0.15) is 0 Å². The minimum absolute atomic E-state index is 0.0384. The highest BCUT2D eigenvalue weighted by Gasteiger charge is 2.11. The van der Waals surface area contributed by atoms with Crippen molar-refractivity contribution >= 4 is 5.91 Å². The third kappa shape index (κ3) is 4.75. The molecule has 2 N–H and O–H groups in total. The Bertz CT molecular complexity index is 295. The summed E-state index contributed by atoms with van der Waals surface area (Å²) in [5.74, 6) is -0.413. The van der Waals surface area contributed by atoms with Gasteiger partial charge in [0.2, 0.25) is 5.91 Å². The van der Waals surface area contributed by atoms with Gasteiger partial charge in [0.15, 0.2) is 0 Å². The molecule has 88 valence electrons. The Morgan fingerprint density at radius 3 is 2.12 bits per heavy atom. The number of amides is 1. The Hall–Kier alpha value is -1.61. The van der Waals surface area contributed by atoms with E-state index >= 15 is 0 Å². The first-order valence-electron chi connectivity index (χ1n) is 5.13. The molecule has 3 heteroatoms. The molecule has 0 rings (SSSR count). The first kappa shape index (κ1) is 14.4. The molecule has 0 fully saturated rings. The van der Waals surface area contributed by atoms with Crippen LogP contribution in [-0.4, -0.2) is 29.9 Å². The van der Waals surface area contributed by atoms with E-state index in [-0.39, 0.29) is 6.04 Å². The molecule has 1 unspecified atom stereocenters. The predicted octanol–water partition coefficient (Wildman–Crippen LogP) is 1.65. The van der Waals surface area contributed by atoms with Crippen molar-refractivity contribution < 1.29 is 4.79 Å². The molecule has 3 nitrogen and oxygen atoms in total. The summed E-state index contributed by atoms with van der Waals surface area (Å²) in [6.07, 6.45) is 7.16. The van der Waals surface area contributed by atoms with Crippen molar-refractivity contribution in [3.8, 4) is 0 Å². The second-order valence-corrected chi connectivity index (χ2v) is 3.47. The summed E-state index contributed by atoms with van der Waals surface area (Å²) in [4.78, 5) is 13.0. The minimum atomic E-state index is -0.413. The van der Waals surface area contributed by atoms with Gasteiger partial charge in [0, 0.05) is 24.7 Å². The summed E-state index contributed by atoms with van der Waals surface area (Å²) in [6, 6.07) is -0.0384. The molecule has 0 saturated heterocycles. The topological polar surface area (TPSA) is 46.3 Å². The predicted molar refractivity (Wildman–Crippen MR) is 68.9 cm³/mol. The second-order valence-electron chi connectivity index (χ2n) is 3.47. The first-order valence-corrected chi connectivity index (χ1v) is 5.13. The van der Waals surface area contributed by atoms with Crippen LogP contribution in [-0.2, 0) is 4.79 Å². The maximum atomic E-state index is 10.9. The smallest absolute Gasteiger partial charge is 0.244 e. The molecule has 0 spiro atoms. The van der Waals surface area contributed by atoms with Crippen molar-refractivity contribution in [2.75, 3.05) is 13.1 Å². The summed E-state index contributed by atoms with van der Waals surface area (Å²) in [7, 11) is 0. The fraction of sp³-hybridized carbons (Fsp3) is 0.308. The van der Waals surface area contributed by atoms with Gasteiger partial charge in [-0.1, -0.05) is 24.3 Å². The van der Waals surface area contributed by atoms with E-state index in [4.69, 9.17) is 5.73 Å². The van der Waals surface area contributed by atoms with Crippen LogP contribution in [0.5, 0.6) is 0 Å². The number of nitrogens with two attached hydrogens (primary N) is 1. The molecule has 1 atom stereocenters. The van der Waals surface area contributed by atoms with E-state index in [0.29, 0.717) is 18.7 Å². The Balaban J connectivity index is 4.84. The van der Waals surface area contributed by atoms with Crippen LogP contribution in [0.25, 0.3) is 0 Å². The Labute approximate surface area is 97.6 Å². The molecule has 0 aliphatic heterocycles. The number of hydrogen-bond acceptors (Lipinski definition) is 2. The summed E-state index contributed by atoms with van der Waals surface area (Å²) in [5.41, 5.74) is 5.72. The Morgan fingerprint density at radius 1 is 1.31 bits per heavy atom. The van der Waals surface area contributed by atoms with Gasteiger partial charge in [-0.3, -0.25) is 9.69 Å². The number of hydrogen-bond donors (Lipinski definition) is 1. The molecule has 0 bridgehead atoms. The number of nitrogens with zero attached hydrogens (tertiary/aromatic N) is 1. The standard InChI is InChI=1S/C13H20N2O/c1-5-8-15(9-6-2)12(7-3)10-11(4)13(14)16/h5-7,10,12H,1-3,8-9H2,4H3,(H2,14,16). The molecule has 16 heavy (non-hydrogen) atoms. The van der Waals surface area contributed by atoms with Crippen LogP contribution in [0.2, 0.25) is 0 Å². The van der Waals surface area contributed by atoms with E-state index in [2.05, 4.69) is 24.6 Å². The highest BCUT2D eigenvalue weighted by atomic mass is 16.1. The second kappa shape index (κ2) is 7.65. The number of carbonyl (C=O) groups excluding carboxylic acids is 1. The van der Waals surface area contributed by atoms with Gasteiger partial charge >= 0.3 is 0 Å². The van der Waals surface area contributed by atoms with Crippen LogP contribution >= 0.6 is 0 Å². The maximum Gasteiger partial charge on any atom is 0.244 e. The quantitative estimate of drug-likeness (QED) is 0.499. The van der Waals surface area contributed by atoms with Crippen LogP contribution in [0.1, 0.15) is 6.92 Å². The monoisotopic (exact) mass is 220 g/mol. The molecule has 0 aromatic carbocycles. The van der Waals surface area contributed by atoms with Gasteiger partial charge in [-0.15, -0.1) is 19.7 Å². The molecular weight excluding hydrogens is 200 g/mol. The van der Waals surface area contributed by atoms with Gasteiger partial charge in [-0.05, 0) is 6.92 Å². The van der Waals surface area contributed by atoms with E-state index in [1.165, 1.54) is 0 Å². The normalized spacial score (nSPS) is 13.2. The van der Waals surface area contributed by atoms with E-state index in [9.17, 15) is 4.79 Å². The van der Waals surface area contributed by atoms with Gasteiger partial charge in [-0.25, -0.2) is 0 Å². The van der Waals surface area contributed by atoms with Crippen LogP contribution in [0.3, 0.4) is 0 Å². The van der Waals surface area contributed by atoms with E-state index < -0.39 is 5.91 Å². The summed E-state index contributed by atoms with van der Waals surface area (Å²) in [5, 5.41) is 0. The zero-order valence-corrected chi connectivity index (χ0v) is 9.86. The molecular formula is C13H20N2O. The molecule has 0 radical (unpaired) electrons. The highest BCUT2D eigenvalue weighted by Crippen LogP contribution is 2.06. The molecule has 0 aliphatic carbocycles. The molecule has 0 heterocycles. The van der Waals surface area contributed by atoms with E-state index in [0.717, 1.165) is 0 Å². The lowest BCUT2D eigenvalue weighted by molar-refractivity contribution is -0.114. The molecule has 0 saturated carbocycles. The lowest BCUT2D eigenvalue weighted by Crippen LogP contribution is -2.33. The zero-order chi connectivity index (χ0) is 12.6. The van der Waals surface area contributed by atoms with Gasteiger partial charge in [-0.2, -0.15) is 0 Å². The van der Waals surface area contributed by atoms with Gasteiger partial charge in [0.25, 0.3) is 0 Å². The third-order valence-electron chi connectivity index (χ3n) is 2.20. The molecule has 1 amide bonds. The maximum absolute atomic E-state index is 10.9. The Morgan fingerprint density at radius 2 is 1.81 bits per heavy atom. The summed E-state index contributed by atoms with van der Waals surface area (Å²) in [6.45, 7) is 14.2. The molecule has 0 aliphatic rings. The van der Waals surface area contributed by atoms with Crippen molar-refractivity contribution in [2.24, 2.45) is 5.73 Å². The first-order chi connectivity index (χ1) is 7.56. The van der Waals surface area contributed by atoms with Crippen molar-refractivity contribution in [3.63, 3.8) is 0 Å². The van der Waals surface area contributed by atoms with Crippen molar-refractivity contribution in [3.05, 3.63) is 49.6 Å². The van der Waals surface area contributed by atoms with Crippen LogP contribution in [0.15, 0.2) is 49.6 Å². The minimum Gasteiger partial charge on any atom is -0.366 e. The third-order valence-corrected chi connectivity index (χ3v) is 2.20. The molecule has 0 aromatic rings. The van der Waals surface area contributed by atoms with Gasteiger partial charge < -0.3 is 5.73 Å². The largest absolute Gasteiger partial charge is 0.366 e. The van der Waals surface area contributed by atoms with Crippen LogP contribution < -0.4 is 5.73 Å². The van der Waals surface area contributed by atoms with Crippen LogP contribution in [0, 0.1) is 0 Å². The van der Waals surface area contributed by atoms with Crippen molar-refractivity contribution in [1.82, 2.24) is 4.90 Å². The number of rotatable bonds is 8. The lowest BCUT2D eigenvalue weighted by atomic mass is 10.1. The average molecular weight is 220 g/mol. The summed E-state index contributed by atoms with van der Waals surface area (Å²) < 4.78 is 0.